The van der Waals surface area contributed by atoms with Gasteiger partial charge in [-0.3, -0.25) is 9.89 Å². The van der Waals surface area contributed by atoms with Crippen LogP contribution in [0.4, 0.5) is 0 Å². The number of benzene rings is 2. The number of amides is 1. The summed E-state index contributed by atoms with van der Waals surface area (Å²) in [4.78, 5) is 19.9. The average Bonchev–Trinajstić information content (AvgIpc) is 3.27. The van der Waals surface area contributed by atoms with Crippen LogP contribution >= 0.6 is 0 Å². The van der Waals surface area contributed by atoms with Gasteiger partial charge in [-0.15, -0.1) is 5.10 Å². The zero-order chi connectivity index (χ0) is 22.9. The van der Waals surface area contributed by atoms with Gasteiger partial charge in [0, 0.05) is 24.2 Å². The Morgan fingerprint density at radius 1 is 1.06 bits per heavy atom. The lowest BCUT2D eigenvalue weighted by Gasteiger charge is -2.33. The van der Waals surface area contributed by atoms with Gasteiger partial charge in [0.05, 0.1) is 0 Å². The number of aromatic nitrogens is 3. The first kappa shape index (κ1) is 21.4. The van der Waals surface area contributed by atoms with Crippen molar-refractivity contribution >= 4 is 5.91 Å². The number of likely N-dealkylation sites (tertiary alicyclic amines) is 1. The van der Waals surface area contributed by atoms with Crippen molar-refractivity contribution in [3.63, 3.8) is 0 Å². The molecular weight excluding hydrogens is 410 g/mol. The van der Waals surface area contributed by atoms with Crippen molar-refractivity contribution < 1.29 is 4.79 Å². The number of aryl methyl sites for hydroxylation is 2. The van der Waals surface area contributed by atoms with Gasteiger partial charge >= 0.3 is 0 Å². The minimum atomic E-state index is 0.0799. The summed E-state index contributed by atoms with van der Waals surface area (Å²) in [5.74, 6) is 1.75. The number of H-pyrrole nitrogens is 1. The molecule has 33 heavy (non-hydrogen) atoms. The lowest BCUT2D eigenvalue weighted by Crippen LogP contribution is -2.38. The zero-order valence-corrected chi connectivity index (χ0v) is 19.3. The first-order valence-corrected chi connectivity index (χ1v) is 11.9. The third-order valence-electron chi connectivity index (χ3n) is 7.34. The monoisotopic (exact) mass is 439 g/mol. The molecule has 1 aliphatic heterocycles. The van der Waals surface area contributed by atoms with E-state index in [4.69, 9.17) is 5.26 Å². The molecule has 1 saturated heterocycles. The Morgan fingerprint density at radius 2 is 1.79 bits per heavy atom. The molecule has 2 heterocycles. The lowest BCUT2D eigenvalue weighted by molar-refractivity contribution is 0.0712. The summed E-state index contributed by atoms with van der Waals surface area (Å²) in [6.07, 6.45) is 5.47. The van der Waals surface area contributed by atoms with Crippen molar-refractivity contribution in [3.8, 4) is 17.5 Å². The van der Waals surface area contributed by atoms with Crippen LogP contribution in [0.2, 0.25) is 0 Å². The minimum Gasteiger partial charge on any atom is -0.339 e. The average molecular weight is 440 g/mol. The topological polar surface area (TPSA) is 85.7 Å². The second kappa shape index (κ2) is 8.82. The Kier molecular flexibility index (Phi) is 5.72. The van der Waals surface area contributed by atoms with Gasteiger partial charge in [0.2, 0.25) is 0 Å². The third-order valence-corrected chi connectivity index (χ3v) is 7.34. The first-order chi connectivity index (χ1) is 16.0. The summed E-state index contributed by atoms with van der Waals surface area (Å²) in [6.45, 7) is 5.66. The fourth-order valence-electron chi connectivity index (χ4n) is 5.08. The van der Waals surface area contributed by atoms with E-state index in [0.29, 0.717) is 17.7 Å². The van der Waals surface area contributed by atoms with Crippen LogP contribution in [0, 0.1) is 25.2 Å². The van der Waals surface area contributed by atoms with Crippen LogP contribution in [-0.2, 0) is 0 Å². The van der Waals surface area contributed by atoms with Gasteiger partial charge in [-0.2, -0.15) is 10.2 Å². The van der Waals surface area contributed by atoms with Crippen LogP contribution in [0.3, 0.4) is 0 Å². The second-order valence-electron chi connectivity index (χ2n) is 9.48. The molecule has 3 aromatic rings. The summed E-state index contributed by atoms with van der Waals surface area (Å²) in [6, 6.07) is 14.9. The largest absolute Gasteiger partial charge is 0.339 e. The number of piperidine rings is 1. The molecule has 0 bridgehead atoms. The minimum absolute atomic E-state index is 0.0799. The Hall–Kier alpha value is -3.46. The number of aromatic amines is 1. The highest BCUT2D eigenvalue weighted by Gasteiger charge is 2.29. The smallest absolute Gasteiger partial charge is 0.254 e. The van der Waals surface area contributed by atoms with Gasteiger partial charge in [-0.25, -0.2) is 0 Å². The first-order valence-electron chi connectivity index (χ1n) is 11.9. The molecule has 5 rings (SSSR count). The maximum atomic E-state index is 13.5. The molecule has 1 aliphatic carbocycles. The zero-order valence-electron chi connectivity index (χ0n) is 19.3. The highest BCUT2D eigenvalue weighted by atomic mass is 16.2. The van der Waals surface area contributed by atoms with Crippen molar-refractivity contribution in [1.29, 1.82) is 5.26 Å². The highest BCUT2D eigenvalue weighted by Crippen LogP contribution is 2.42. The Labute approximate surface area is 194 Å². The molecule has 6 nitrogen and oxygen atoms in total. The number of nitriles is 1. The number of hydrogen-bond donors (Lipinski definition) is 1. The molecule has 0 unspecified atom stereocenters. The van der Waals surface area contributed by atoms with Crippen LogP contribution in [0.25, 0.3) is 11.4 Å². The molecule has 168 valence electrons. The molecule has 1 saturated carbocycles. The SMILES string of the molecule is Cc1ccc(C2CCN(C(=O)c3cc(-c4nc(C#N)n[nH]4)c(C4CCC4)cc3C)CC2)cc1. The molecule has 0 spiro atoms. The van der Waals surface area contributed by atoms with Crippen LogP contribution < -0.4 is 0 Å². The summed E-state index contributed by atoms with van der Waals surface area (Å²) in [5.41, 5.74) is 6.47. The highest BCUT2D eigenvalue weighted by molar-refractivity contribution is 5.97. The molecule has 1 N–H and O–H groups in total. The second-order valence-corrected chi connectivity index (χ2v) is 9.48. The van der Waals surface area contributed by atoms with Gasteiger partial charge < -0.3 is 4.90 Å². The normalized spacial score (nSPS) is 16.9. The molecule has 0 atom stereocenters. The summed E-state index contributed by atoms with van der Waals surface area (Å²) in [7, 11) is 0. The van der Waals surface area contributed by atoms with Crippen molar-refractivity contribution in [2.45, 2.75) is 57.8 Å². The maximum absolute atomic E-state index is 13.5. The molecule has 2 aromatic carbocycles. The van der Waals surface area contributed by atoms with E-state index in [1.807, 2.05) is 24.0 Å². The van der Waals surface area contributed by atoms with E-state index in [9.17, 15) is 4.79 Å². The molecule has 0 radical (unpaired) electrons. The number of carbonyl (C=O) groups is 1. The van der Waals surface area contributed by atoms with Gasteiger partial charge in [-0.05, 0) is 74.1 Å². The van der Waals surface area contributed by atoms with Gasteiger partial charge in [0.15, 0.2) is 5.82 Å². The van der Waals surface area contributed by atoms with Gasteiger partial charge in [-0.1, -0.05) is 42.3 Å². The van der Waals surface area contributed by atoms with Crippen LogP contribution in [0.1, 0.15) is 82.4 Å². The molecule has 1 amide bonds. The van der Waals surface area contributed by atoms with E-state index in [1.165, 1.54) is 23.1 Å². The lowest BCUT2D eigenvalue weighted by atomic mass is 9.77. The number of nitrogens with zero attached hydrogens (tertiary/aromatic N) is 4. The van der Waals surface area contributed by atoms with Crippen LogP contribution in [0.15, 0.2) is 36.4 Å². The molecule has 6 heteroatoms. The van der Waals surface area contributed by atoms with Crippen molar-refractivity contribution in [2.24, 2.45) is 0 Å². The molecular formula is C27H29N5O. The quantitative estimate of drug-likeness (QED) is 0.602. The van der Waals surface area contributed by atoms with E-state index in [0.717, 1.165) is 55.5 Å². The number of carbonyl (C=O) groups excluding carboxylic acids is 1. The number of nitrogens with one attached hydrogen (secondary N) is 1. The predicted molar refractivity (Wildman–Crippen MR) is 127 cm³/mol. The van der Waals surface area contributed by atoms with E-state index >= 15 is 0 Å². The van der Waals surface area contributed by atoms with Crippen LogP contribution in [-0.4, -0.2) is 39.1 Å². The van der Waals surface area contributed by atoms with Crippen molar-refractivity contribution in [1.82, 2.24) is 20.1 Å². The Balaban J connectivity index is 1.39. The number of rotatable bonds is 4. The van der Waals surface area contributed by atoms with Gasteiger partial charge in [0.25, 0.3) is 11.7 Å². The van der Waals surface area contributed by atoms with Crippen molar-refractivity contribution in [2.75, 3.05) is 13.1 Å². The van der Waals surface area contributed by atoms with E-state index in [2.05, 4.69) is 52.4 Å². The molecule has 1 aromatic heterocycles. The van der Waals surface area contributed by atoms with Gasteiger partial charge in [0.1, 0.15) is 6.07 Å². The van der Waals surface area contributed by atoms with Crippen LogP contribution in [0.5, 0.6) is 0 Å². The summed E-state index contributed by atoms with van der Waals surface area (Å²) in [5, 5.41) is 16.0. The van der Waals surface area contributed by atoms with E-state index in [-0.39, 0.29) is 11.7 Å². The third kappa shape index (κ3) is 4.16. The molecule has 2 aliphatic rings. The fourth-order valence-corrected chi connectivity index (χ4v) is 5.08. The Bertz CT molecular complexity index is 1210. The van der Waals surface area contributed by atoms with Crippen molar-refractivity contribution in [3.05, 3.63) is 70.0 Å². The Morgan fingerprint density at radius 3 is 2.39 bits per heavy atom. The summed E-state index contributed by atoms with van der Waals surface area (Å²) >= 11 is 0. The standard InChI is InChI=1S/C27H29N5O/c1-17-6-8-19(9-7-17)20-10-12-32(13-11-20)27(33)22-15-24(26-29-25(16-28)30-31-26)23(14-18(22)2)21-4-3-5-21/h6-9,14-15,20-21H,3-5,10-13H2,1-2H3,(H,29,30,31). The molecule has 2 fully saturated rings. The fraction of sp³-hybridized carbons (Fsp3) is 0.407. The maximum Gasteiger partial charge on any atom is 0.254 e. The van der Waals surface area contributed by atoms with E-state index in [1.54, 1.807) is 0 Å². The summed E-state index contributed by atoms with van der Waals surface area (Å²) < 4.78 is 0. The predicted octanol–water partition coefficient (Wildman–Crippen LogP) is 5.25. The van der Waals surface area contributed by atoms with E-state index < -0.39 is 0 Å². The number of hydrogen-bond acceptors (Lipinski definition) is 4.